The highest BCUT2D eigenvalue weighted by Gasteiger charge is 2.68. The molecule has 39 heavy (non-hydrogen) atoms. The van der Waals surface area contributed by atoms with Crippen molar-refractivity contribution in [3.63, 3.8) is 0 Å². The van der Waals surface area contributed by atoms with E-state index in [2.05, 4.69) is 5.32 Å². The molecule has 2 fully saturated rings. The molecule has 3 aromatic rings. The quantitative estimate of drug-likeness (QED) is 0.357. The lowest BCUT2D eigenvalue weighted by atomic mass is 9.76. The fourth-order valence-corrected chi connectivity index (χ4v) is 5.65. The molecule has 2 amide bonds. The number of imide groups is 1. The number of amides is 2. The van der Waals surface area contributed by atoms with E-state index in [1.807, 2.05) is 0 Å². The molecule has 2 N–H and O–H groups in total. The maximum absolute atomic E-state index is 13.9. The SMILES string of the molecule is CC(=O)c1ccc(N2C(=O)C3C(c4cccc(C(F)(F)F)c4)NC(Cc4ccccc4)(C(=O)O)C3C2=O)cc1. The molecule has 2 aliphatic heterocycles. The molecule has 0 aromatic heterocycles. The Bertz CT molecular complexity index is 1470. The first-order valence-corrected chi connectivity index (χ1v) is 12.1. The van der Waals surface area contributed by atoms with Gasteiger partial charge >= 0.3 is 12.1 Å². The summed E-state index contributed by atoms with van der Waals surface area (Å²) in [4.78, 5) is 53.2. The summed E-state index contributed by atoms with van der Waals surface area (Å²) in [5.74, 6) is -5.82. The zero-order valence-corrected chi connectivity index (χ0v) is 20.6. The van der Waals surface area contributed by atoms with E-state index < -0.39 is 52.9 Å². The first-order chi connectivity index (χ1) is 18.4. The van der Waals surface area contributed by atoms with Gasteiger partial charge in [0.05, 0.1) is 23.1 Å². The zero-order chi connectivity index (χ0) is 28.1. The van der Waals surface area contributed by atoms with Crippen LogP contribution in [0.4, 0.5) is 18.9 Å². The average Bonchev–Trinajstić information content (AvgIpc) is 3.38. The van der Waals surface area contributed by atoms with Crippen molar-refractivity contribution in [3.8, 4) is 0 Å². The summed E-state index contributed by atoms with van der Waals surface area (Å²) in [6.07, 6.45) is -4.85. The normalized spacial score (nSPS) is 24.6. The molecule has 2 aliphatic rings. The standard InChI is InChI=1S/C29H23F3N2O5/c1-16(35)18-10-12-21(13-11-18)34-25(36)22-23(26(34)37)28(27(38)39,15-17-6-3-2-4-7-17)33-24(22)19-8-5-9-20(14-19)29(30,31)32/h2-14,22-24,33H,15H2,1H3,(H,38,39). The van der Waals surface area contributed by atoms with Gasteiger partial charge in [-0.1, -0.05) is 42.5 Å². The third kappa shape index (κ3) is 4.40. The van der Waals surface area contributed by atoms with Crippen LogP contribution < -0.4 is 10.2 Å². The van der Waals surface area contributed by atoms with Gasteiger partial charge in [-0.25, -0.2) is 4.90 Å². The van der Waals surface area contributed by atoms with Crippen molar-refractivity contribution in [2.75, 3.05) is 4.90 Å². The Hall–Kier alpha value is -4.31. The Morgan fingerprint density at radius 2 is 1.62 bits per heavy atom. The monoisotopic (exact) mass is 536 g/mol. The molecule has 0 bridgehead atoms. The molecular weight excluding hydrogens is 513 g/mol. The number of nitrogens with one attached hydrogen (secondary N) is 1. The summed E-state index contributed by atoms with van der Waals surface area (Å²) in [6.45, 7) is 1.36. The number of carbonyl (C=O) groups is 4. The van der Waals surface area contributed by atoms with Gasteiger partial charge in [0.2, 0.25) is 11.8 Å². The van der Waals surface area contributed by atoms with Crippen molar-refractivity contribution in [1.29, 1.82) is 0 Å². The van der Waals surface area contributed by atoms with E-state index in [-0.39, 0.29) is 23.5 Å². The summed E-state index contributed by atoms with van der Waals surface area (Å²) in [5.41, 5.74) is -1.82. The lowest BCUT2D eigenvalue weighted by molar-refractivity contribution is -0.148. The van der Waals surface area contributed by atoms with E-state index in [1.165, 1.54) is 43.3 Å². The van der Waals surface area contributed by atoms with Crippen molar-refractivity contribution in [1.82, 2.24) is 5.32 Å². The van der Waals surface area contributed by atoms with Gasteiger partial charge in [0.15, 0.2) is 5.78 Å². The lowest BCUT2D eigenvalue weighted by Crippen LogP contribution is -2.57. The molecule has 0 spiro atoms. The molecule has 3 aromatic carbocycles. The van der Waals surface area contributed by atoms with E-state index in [4.69, 9.17) is 0 Å². The van der Waals surface area contributed by atoms with Gasteiger partial charge in [0.1, 0.15) is 5.54 Å². The third-order valence-electron chi connectivity index (χ3n) is 7.47. The van der Waals surface area contributed by atoms with Crippen molar-refractivity contribution < 1.29 is 37.5 Å². The Morgan fingerprint density at radius 1 is 0.949 bits per heavy atom. The van der Waals surface area contributed by atoms with Gasteiger partial charge in [0.25, 0.3) is 0 Å². The smallest absolute Gasteiger partial charge is 0.416 e. The van der Waals surface area contributed by atoms with Crippen LogP contribution in [-0.2, 0) is 27.0 Å². The van der Waals surface area contributed by atoms with Crippen LogP contribution in [0.1, 0.15) is 40.0 Å². The van der Waals surface area contributed by atoms with E-state index in [0.29, 0.717) is 11.1 Å². The second-order valence-corrected chi connectivity index (χ2v) is 9.80. The number of carboxylic acid groups (broad SMARTS) is 1. The zero-order valence-electron chi connectivity index (χ0n) is 20.6. The molecule has 2 saturated heterocycles. The predicted molar refractivity (Wildman–Crippen MR) is 134 cm³/mol. The number of nitrogens with zero attached hydrogens (tertiary/aromatic N) is 1. The number of carbonyl (C=O) groups excluding carboxylic acids is 3. The topological polar surface area (TPSA) is 104 Å². The van der Waals surface area contributed by atoms with Crippen LogP contribution in [0.2, 0.25) is 0 Å². The minimum Gasteiger partial charge on any atom is -0.480 e. The van der Waals surface area contributed by atoms with E-state index >= 15 is 0 Å². The van der Waals surface area contributed by atoms with Crippen molar-refractivity contribution in [2.45, 2.75) is 31.1 Å². The van der Waals surface area contributed by atoms with Gasteiger partial charge < -0.3 is 5.11 Å². The highest BCUT2D eigenvalue weighted by molar-refractivity contribution is 6.24. The fraction of sp³-hybridized carbons (Fsp3) is 0.241. The van der Waals surface area contributed by atoms with Gasteiger partial charge in [0, 0.05) is 18.0 Å². The van der Waals surface area contributed by atoms with Crippen molar-refractivity contribution in [3.05, 3.63) is 101 Å². The highest BCUT2D eigenvalue weighted by atomic mass is 19.4. The number of benzene rings is 3. The largest absolute Gasteiger partial charge is 0.480 e. The maximum Gasteiger partial charge on any atom is 0.416 e. The Morgan fingerprint density at radius 3 is 2.21 bits per heavy atom. The van der Waals surface area contributed by atoms with Crippen LogP contribution in [0.25, 0.3) is 0 Å². The second-order valence-electron chi connectivity index (χ2n) is 9.80. The number of fused-ring (bicyclic) bond motifs is 1. The number of aliphatic carboxylic acids is 1. The van der Waals surface area contributed by atoms with Crippen LogP contribution in [-0.4, -0.2) is 34.2 Å². The molecule has 2 heterocycles. The van der Waals surface area contributed by atoms with E-state index in [1.54, 1.807) is 30.3 Å². The minimum atomic E-state index is -4.66. The minimum absolute atomic E-state index is 0.0472. The first kappa shape index (κ1) is 26.3. The lowest BCUT2D eigenvalue weighted by Gasteiger charge is -2.31. The molecule has 0 saturated carbocycles. The van der Waals surface area contributed by atoms with Crippen LogP contribution in [0.3, 0.4) is 0 Å². The molecule has 0 aliphatic carbocycles. The van der Waals surface area contributed by atoms with Gasteiger partial charge in [-0.2, -0.15) is 13.2 Å². The summed E-state index contributed by atoms with van der Waals surface area (Å²) in [5, 5.41) is 13.4. The Balaban J connectivity index is 1.65. The van der Waals surface area contributed by atoms with Gasteiger partial charge in [-0.15, -0.1) is 0 Å². The van der Waals surface area contributed by atoms with E-state index in [0.717, 1.165) is 17.0 Å². The van der Waals surface area contributed by atoms with Crippen LogP contribution in [0.5, 0.6) is 0 Å². The number of alkyl halides is 3. The fourth-order valence-electron chi connectivity index (χ4n) is 5.65. The van der Waals surface area contributed by atoms with Crippen LogP contribution in [0, 0.1) is 11.8 Å². The van der Waals surface area contributed by atoms with E-state index in [9.17, 15) is 37.5 Å². The second kappa shape index (κ2) is 9.46. The maximum atomic E-state index is 13.9. The summed E-state index contributed by atoms with van der Waals surface area (Å²) < 4.78 is 40.6. The first-order valence-electron chi connectivity index (χ1n) is 12.1. The summed E-state index contributed by atoms with van der Waals surface area (Å²) in [7, 11) is 0. The number of Topliss-reactive ketones (excluding diaryl/α,β-unsaturated/α-hetero) is 1. The van der Waals surface area contributed by atoms with Crippen molar-refractivity contribution >= 4 is 29.3 Å². The molecule has 4 atom stereocenters. The van der Waals surface area contributed by atoms with Crippen molar-refractivity contribution in [2.24, 2.45) is 11.8 Å². The summed E-state index contributed by atoms with van der Waals surface area (Å²) >= 11 is 0. The predicted octanol–water partition coefficient (Wildman–Crippen LogP) is 4.42. The van der Waals surface area contributed by atoms with Gasteiger partial charge in [-0.05, 0) is 54.4 Å². The number of hydrogen-bond donors (Lipinski definition) is 2. The molecule has 200 valence electrons. The molecular formula is C29H23F3N2O5. The average molecular weight is 537 g/mol. The highest BCUT2D eigenvalue weighted by Crippen LogP contribution is 2.51. The number of anilines is 1. The Labute approximate surface area is 221 Å². The number of halogens is 3. The Kier molecular flexibility index (Phi) is 6.38. The number of hydrogen-bond acceptors (Lipinski definition) is 5. The molecule has 10 heteroatoms. The molecule has 4 unspecified atom stereocenters. The number of carboxylic acids is 1. The van der Waals surface area contributed by atoms with Gasteiger partial charge in [-0.3, -0.25) is 24.5 Å². The summed E-state index contributed by atoms with van der Waals surface area (Å²) in [6, 6.07) is 17.4. The van der Waals surface area contributed by atoms with Crippen LogP contribution in [0.15, 0.2) is 78.9 Å². The number of rotatable bonds is 6. The molecule has 5 rings (SSSR count). The number of ketones is 1. The van der Waals surface area contributed by atoms with Crippen LogP contribution >= 0.6 is 0 Å². The molecule has 0 radical (unpaired) electrons. The third-order valence-corrected chi connectivity index (χ3v) is 7.47. The molecule has 7 nitrogen and oxygen atoms in total.